The van der Waals surface area contributed by atoms with Gasteiger partial charge in [-0.05, 0) is 79.4 Å². The summed E-state index contributed by atoms with van der Waals surface area (Å²) in [5.41, 5.74) is 0.661. The molecule has 0 amide bonds. The summed E-state index contributed by atoms with van der Waals surface area (Å²) in [7, 11) is 0. The third kappa shape index (κ3) is 3.35. The minimum absolute atomic E-state index is 0.661. The van der Waals surface area contributed by atoms with Gasteiger partial charge in [0, 0.05) is 0 Å². The first-order chi connectivity index (χ1) is 9.89. The van der Waals surface area contributed by atoms with Crippen LogP contribution in [0.15, 0.2) is 0 Å². The van der Waals surface area contributed by atoms with Gasteiger partial charge in [0.2, 0.25) is 0 Å². The Bertz CT molecular complexity index is 306. The average Bonchev–Trinajstić information content (AvgIpc) is 2.46. The predicted octanol–water partition coefficient (Wildman–Crippen LogP) is 6.94. The lowest BCUT2D eigenvalue weighted by Crippen LogP contribution is -2.48. The van der Waals surface area contributed by atoms with Crippen molar-refractivity contribution in [3.8, 4) is 0 Å². The Morgan fingerprint density at radius 1 is 0.714 bits per heavy atom. The van der Waals surface area contributed by atoms with Gasteiger partial charge >= 0.3 is 0 Å². The van der Waals surface area contributed by atoms with E-state index in [1.54, 1.807) is 0 Å². The molecular weight excluding hydrogens is 252 g/mol. The largest absolute Gasteiger partial charge is 0.0625 e. The van der Waals surface area contributed by atoms with Crippen LogP contribution in [0.25, 0.3) is 0 Å². The normalized spacial score (nSPS) is 38.4. The fourth-order valence-electron chi connectivity index (χ4n) is 6.22. The van der Waals surface area contributed by atoms with Crippen LogP contribution >= 0.6 is 0 Å². The van der Waals surface area contributed by atoms with E-state index in [0.29, 0.717) is 5.41 Å². The SMILES string of the molecule is CC(C)C1CCC(C2(C(C)C)CCCCC2C(C)C)CC1. The average molecular weight is 293 g/mol. The summed E-state index contributed by atoms with van der Waals surface area (Å²) in [6.45, 7) is 14.9. The molecule has 2 atom stereocenters. The molecule has 2 fully saturated rings. The summed E-state index contributed by atoms with van der Waals surface area (Å²) in [5, 5.41) is 0. The summed E-state index contributed by atoms with van der Waals surface area (Å²) >= 11 is 0. The number of rotatable bonds is 4. The Morgan fingerprint density at radius 3 is 1.81 bits per heavy atom. The van der Waals surface area contributed by atoms with Gasteiger partial charge in [-0.1, -0.05) is 54.4 Å². The Kier molecular flexibility index (Phi) is 5.83. The molecule has 124 valence electrons. The molecule has 2 saturated carbocycles. The second kappa shape index (κ2) is 7.05. The highest BCUT2D eigenvalue weighted by atomic mass is 14.5. The van der Waals surface area contributed by atoms with Crippen LogP contribution in [0.5, 0.6) is 0 Å². The van der Waals surface area contributed by atoms with E-state index < -0.39 is 0 Å². The van der Waals surface area contributed by atoms with Crippen LogP contribution in [0.1, 0.15) is 92.9 Å². The van der Waals surface area contributed by atoms with Crippen LogP contribution < -0.4 is 0 Å². The van der Waals surface area contributed by atoms with Gasteiger partial charge in [-0.15, -0.1) is 0 Å². The fourth-order valence-corrected chi connectivity index (χ4v) is 6.22. The zero-order valence-corrected chi connectivity index (χ0v) is 15.6. The monoisotopic (exact) mass is 292 g/mol. The van der Waals surface area contributed by atoms with Gasteiger partial charge in [-0.25, -0.2) is 0 Å². The second-order valence-corrected chi connectivity index (χ2v) is 9.22. The summed E-state index contributed by atoms with van der Waals surface area (Å²) in [4.78, 5) is 0. The number of hydrogen-bond acceptors (Lipinski definition) is 0. The molecule has 0 aliphatic heterocycles. The highest BCUT2D eigenvalue weighted by molar-refractivity contribution is 4.99. The Labute approximate surface area is 134 Å². The molecular formula is C21H40. The van der Waals surface area contributed by atoms with Gasteiger partial charge in [-0.3, -0.25) is 0 Å². The van der Waals surface area contributed by atoms with Crippen LogP contribution in [0.4, 0.5) is 0 Å². The van der Waals surface area contributed by atoms with Gasteiger partial charge in [0.25, 0.3) is 0 Å². The molecule has 0 aromatic rings. The van der Waals surface area contributed by atoms with Crippen molar-refractivity contribution in [3.63, 3.8) is 0 Å². The molecule has 0 nitrogen and oxygen atoms in total. The smallest absolute Gasteiger partial charge is 0.0215 e. The first-order valence-electron chi connectivity index (χ1n) is 9.89. The maximum absolute atomic E-state index is 2.54. The van der Waals surface area contributed by atoms with Crippen molar-refractivity contribution in [2.75, 3.05) is 0 Å². The molecule has 2 aliphatic carbocycles. The molecule has 0 radical (unpaired) electrons. The number of hydrogen-bond donors (Lipinski definition) is 0. The van der Waals surface area contributed by atoms with Crippen molar-refractivity contribution in [3.05, 3.63) is 0 Å². The van der Waals surface area contributed by atoms with Crippen molar-refractivity contribution in [2.45, 2.75) is 92.9 Å². The molecule has 0 heteroatoms. The summed E-state index contributed by atoms with van der Waals surface area (Å²) in [5.74, 6) is 5.63. The van der Waals surface area contributed by atoms with Crippen molar-refractivity contribution in [1.29, 1.82) is 0 Å². The van der Waals surface area contributed by atoms with Crippen molar-refractivity contribution in [1.82, 2.24) is 0 Å². The lowest BCUT2D eigenvalue weighted by atomic mass is 9.49. The van der Waals surface area contributed by atoms with Crippen LogP contribution in [-0.2, 0) is 0 Å². The third-order valence-corrected chi connectivity index (χ3v) is 7.42. The first-order valence-corrected chi connectivity index (χ1v) is 9.89. The molecule has 0 spiro atoms. The molecule has 2 unspecified atom stereocenters. The fraction of sp³-hybridized carbons (Fsp3) is 1.00. The quantitative estimate of drug-likeness (QED) is 0.526. The standard InChI is InChI=1S/C21H40/c1-15(2)18-10-12-19(13-11-18)21(17(5)6)14-8-7-9-20(21)16(3)4/h15-20H,7-14H2,1-6H3. The van der Waals surface area contributed by atoms with E-state index in [0.717, 1.165) is 35.5 Å². The minimum atomic E-state index is 0.661. The zero-order chi connectivity index (χ0) is 15.6. The van der Waals surface area contributed by atoms with E-state index in [-0.39, 0.29) is 0 Å². The molecule has 0 heterocycles. The maximum atomic E-state index is 2.54. The van der Waals surface area contributed by atoms with Gasteiger partial charge in [0.1, 0.15) is 0 Å². The molecule has 0 aromatic heterocycles. The van der Waals surface area contributed by atoms with E-state index in [1.165, 1.54) is 51.4 Å². The lowest BCUT2D eigenvalue weighted by molar-refractivity contribution is -0.0641. The lowest BCUT2D eigenvalue weighted by Gasteiger charge is -2.56. The molecule has 2 aliphatic rings. The van der Waals surface area contributed by atoms with Gasteiger partial charge < -0.3 is 0 Å². The topological polar surface area (TPSA) is 0 Å². The second-order valence-electron chi connectivity index (χ2n) is 9.22. The maximum Gasteiger partial charge on any atom is -0.0215 e. The molecule has 21 heavy (non-hydrogen) atoms. The van der Waals surface area contributed by atoms with Crippen LogP contribution in [0, 0.1) is 40.9 Å². The van der Waals surface area contributed by atoms with Crippen LogP contribution in [-0.4, -0.2) is 0 Å². The summed E-state index contributed by atoms with van der Waals surface area (Å²) in [6, 6.07) is 0. The van der Waals surface area contributed by atoms with E-state index in [1.807, 2.05) is 0 Å². The van der Waals surface area contributed by atoms with Crippen molar-refractivity contribution in [2.24, 2.45) is 40.9 Å². The van der Waals surface area contributed by atoms with Crippen LogP contribution in [0.2, 0.25) is 0 Å². The van der Waals surface area contributed by atoms with E-state index in [9.17, 15) is 0 Å². The third-order valence-electron chi connectivity index (χ3n) is 7.42. The Hall–Kier alpha value is 0. The van der Waals surface area contributed by atoms with E-state index >= 15 is 0 Å². The van der Waals surface area contributed by atoms with Gasteiger partial charge in [-0.2, -0.15) is 0 Å². The molecule has 0 saturated heterocycles. The summed E-state index contributed by atoms with van der Waals surface area (Å²) in [6.07, 6.45) is 12.0. The summed E-state index contributed by atoms with van der Waals surface area (Å²) < 4.78 is 0. The first kappa shape index (κ1) is 17.4. The van der Waals surface area contributed by atoms with Gasteiger partial charge in [0.15, 0.2) is 0 Å². The minimum Gasteiger partial charge on any atom is -0.0625 e. The highest BCUT2D eigenvalue weighted by Crippen LogP contribution is 2.58. The van der Waals surface area contributed by atoms with Crippen molar-refractivity contribution < 1.29 is 0 Å². The molecule has 0 bridgehead atoms. The van der Waals surface area contributed by atoms with Gasteiger partial charge in [0.05, 0.1) is 0 Å². The van der Waals surface area contributed by atoms with E-state index in [2.05, 4.69) is 41.5 Å². The predicted molar refractivity (Wildman–Crippen MR) is 94.4 cm³/mol. The Morgan fingerprint density at radius 2 is 1.33 bits per heavy atom. The van der Waals surface area contributed by atoms with E-state index in [4.69, 9.17) is 0 Å². The Balaban J connectivity index is 2.18. The molecule has 0 aromatic carbocycles. The molecule has 0 N–H and O–H groups in total. The van der Waals surface area contributed by atoms with Crippen LogP contribution in [0.3, 0.4) is 0 Å². The highest BCUT2D eigenvalue weighted by Gasteiger charge is 2.49. The van der Waals surface area contributed by atoms with Crippen molar-refractivity contribution >= 4 is 0 Å². The zero-order valence-electron chi connectivity index (χ0n) is 15.6. The molecule has 2 rings (SSSR count).